The molecule has 0 saturated heterocycles. The van der Waals surface area contributed by atoms with E-state index in [-0.39, 0.29) is 10.7 Å². The molecule has 0 heterocycles. The normalized spacial score (nSPS) is 17.1. The van der Waals surface area contributed by atoms with Gasteiger partial charge < -0.3 is 5.32 Å². The van der Waals surface area contributed by atoms with Crippen molar-refractivity contribution < 1.29 is 4.79 Å². The van der Waals surface area contributed by atoms with E-state index in [1.165, 1.54) is 19.3 Å². The molecule has 0 unspecified atom stereocenters. The monoisotopic (exact) mass is 391 g/mol. The summed E-state index contributed by atoms with van der Waals surface area (Å²) in [5.41, 5.74) is 0.687. The number of carbonyl (C=O) groups is 1. The van der Waals surface area contributed by atoms with Crippen molar-refractivity contribution in [2.24, 2.45) is 0 Å². The second-order valence-corrected chi connectivity index (χ2v) is 7.69. The van der Waals surface area contributed by atoms with E-state index in [9.17, 15) is 4.79 Å². The SMILES string of the molecule is CSC1(CNC(=O)c2cc(Br)cc(Br)c2)CCC1. The fraction of sp³-hybridized carbons (Fsp3) is 0.462. The van der Waals surface area contributed by atoms with Crippen molar-refractivity contribution in [3.8, 4) is 0 Å². The lowest BCUT2D eigenvalue weighted by Gasteiger charge is -2.40. The zero-order valence-corrected chi connectivity index (χ0v) is 14.1. The van der Waals surface area contributed by atoms with Crippen molar-refractivity contribution in [3.63, 3.8) is 0 Å². The number of hydrogen-bond acceptors (Lipinski definition) is 2. The molecule has 1 aromatic rings. The molecule has 1 N–H and O–H groups in total. The van der Waals surface area contributed by atoms with Gasteiger partial charge in [0.25, 0.3) is 5.91 Å². The first-order chi connectivity index (χ1) is 8.54. The molecule has 1 saturated carbocycles. The summed E-state index contributed by atoms with van der Waals surface area (Å²) in [7, 11) is 0. The zero-order chi connectivity index (χ0) is 13.2. The summed E-state index contributed by atoms with van der Waals surface area (Å²) in [6.45, 7) is 0.761. The third-order valence-electron chi connectivity index (χ3n) is 3.39. The highest BCUT2D eigenvalue weighted by Crippen LogP contribution is 2.42. The molecule has 1 aliphatic rings. The van der Waals surface area contributed by atoms with E-state index in [4.69, 9.17) is 0 Å². The third kappa shape index (κ3) is 3.31. The average molecular weight is 393 g/mol. The summed E-state index contributed by atoms with van der Waals surface area (Å²) in [4.78, 5) is 12.1. The van der Waals surface area contributed by atoms with Gasteiger partial charge in [-0.2, -0.15) is 11.8 Å². The maximum Gasteiger partial charge on any atom is 0.251 e. The summed E-state index contributed by atoms with van der Waals surface area (Å²) in [5.74, 6) is -0.00248. The van der Waals surface area contributed by atoms with E-state index in [0.717, 1.165) is 15.5 Å². The van der Waals surface area contributed by atoms with Crippen LogP contribution in [0.4, 0.5) is 0 Å². The van der Waals surface area contributed by atoms with E-state index in [1.54, 1.807) is 0 Å². The van der Waals surface area contributed by atoms with E-state index in [2.05, 4.69) is 43.4 Å². The number of benzene rings is 1. The first-order valence-corrected chi connectivity index (χ1v) is 8.65. The van der Waals surface area contributed by atoms with Crippen LogP contribution in [0.2, 0.25) is 0 Å². The zero-order valence-electron chi connectivity index (χ0n) is 10.1. The Kier molecular flexibility index (Phi) is 4.78. The van der Waals surface area contributed by atoms with Crippen molar-refractivity contribution in [2.75, 3.05) is 12.8 Å². The highest BCUT2D eigenvalue weighted by atomic mass is 79.9. The van der Waals surface area contributed by atoms with Gasteiger partial charge in [0.1, 0.15) is 0 Å². The molecule has 0 aliphatic heterocycles. The molecule has 0 aromatic heterocycles. The minimum Gasteiger partial charge on any atom is -0.351 e. The lowest BCUT2D eigenvalue weighted by molar-refractivity contribution is 0.0944. The Morgan fingerprint density at radius 2 is 1.94 bits per heavy atom. The maximum atomic E-state index is 12.1. The molecule has 5 heteroatoms. The number of thioether (sulfide) groups is 1. The molecule has 18 heavy (non-hydrogen) atoms. The predicted molar refractivity (Wildman–Crippen MR) is 84.3 cm³/mol. The molecule has 1 amide bonds. The summed E-state index contributed by atoms with van der Waals surface area (Å²) < 4.78 is 2.09. The fourth-order valence-electron chi connectivity index (χ4n) is 2.05. The maximum absolute atomic E-state index is 12.1. The second kappa shape index (κ2) is 5.97. The van der Waals surface area contributed by atoms with Crippen LogP contribution in [0.5, 0.6) is 0 Å². The molecule has 1 aromatic carbocycles. The van der Waals surface area contributed by atoms with Crippen LogP contribution in [0.25, 0.3) is 0 Å². The number of carbonyl (C=O) groups excluding carboxylic acids is 1. The Bertz CT molecular complexity index is 435. The van der Waals surface area contributed by atoms with Crippen molar-refractivity contribution in [1.82, 2.24) is 5.32 Å². The predicted octanol–water partition coefficient (Wildman–Crippen LogP) is 4.23. The van der Waals surface area contributed by atoms with Gasteiger partial charge in [-0.15, -0.1) is 0 Å². The number of amides is 1. The number of halogens is 2. The Morgan fingerprint density at radius 3 is 2.39 bits per heavy atom. The molecule has 0 spiro atoms. The number of nitrogens with one attached hydrogen (secondary N) is 1. The largest absolute Gasteiger partial charge is 0.351 e. The first kappa shape index (κ1) is 14.4. The van der Waals surface area contributed by atoms with Crippen LogP contribution >= 0.6 is 43.6 Å². The van der Waals surface area contributed by atoms with Gasteiger partial charge in [-0.25, -0.2) is 0 Å². The summed E-state index contributed by atoms with van der Waals surface area (Å²) in [5, 5.41) is 3.05. The van der Waals surface area contributed by atoms with Crippen LogP contribution in [-0.4, -0.2) is 23.5 Å². The molecular weight excluding hydrogens is 378 g/mol. The van der Waals surface area contributed by atoms with Gasteiger partial charge >= 0.3 is 0 Å². The van der Waals surface area contributed by atoms with Gasteiger partial charge in [0.15, 0.2) is 0 Å². The Balaban J connectivity index is 1.99. The Hall–Kier alpha value is -0.000000000000000111. The van der Waals surface area contributed by atoms with Crippen molar-refractivity contribution in [2.45, 2.75) is 24.0 Å². The van der Waals surface area contributed by atoms with Crippen molar-refractivity contribution in [3.05, 3.63) is 32.7 Å². The van der Waals surface area contributed by atoms with Gasteiger partial charge in [0.2, 0.25) is 0 Å². The van der Waals surface area contributed by atoms with Crippen LogP contribution in [0.3, 0.4) is 0 Å². The van der Waals surface area contributed by atoms with E-state index >= 15 is 0 Å². The Labute approximate surface area is 129 Å². The fourth-order valence-corrected chi connectivity index (χ4v) is 4.26. The van der Waals surface area contributed by atoms with Crippen molar-refractivity contribution >= 4 is 49.5 Å². The second-order valence-electron chi connectivity index (χ2n) is 4.58. The highest BCUT2D eigenvalue weighted by Gasteiger charge is 2.36. The van der Waals surface area contributed by atoms with Crippen LogP contribution in [0.1, 0.15) is 29.6 Å². The van der Waals surface area contributed by atoms with Gasteiger partial charge in [-0.05, 0) is 37.3 Å². The van der Waals surface area contributed by atoms with E-state index in [0.29, 0.717) is 5.56 Å². The lowest BCUT2D eigenvalue weighted by atomic mass is 9.84. The van der Waals surface area contributed by atoms with Gasteiger partial charge in [-0.1, -0.05) is 38.3 Å². The van der Waals surface area contributed by atoms with Gasteiger partial charge in [0, 0.05) is 25.8 Å². The summed E-state index contributed by atoms with van der Waals surface area (Å²) >= 11 is 8.66. The molecule has 0 bridgehead atoms. The number of hydrogen-bond donors (Lipinski definition) is 1. The quantitative estimate of drug-likeness (QED) is 0.830. The van der Waals surface area contributed by atoms with Crippen molar-refractivity contribution in [1.29, 1.82) is 0 Å². The van der Waals surface area contributed by atoms with E-state index < -0.39 is 0 Å². The lowest BCUT2D eigenvalue weighted by Crippen LogP contribution is -2.45. The minimum atomic E-state index is -0.00248. The molecule has 2 nitrogen and oxygen atoms in total. The minimum absolute atomic E-state index is 0.00248. The Morgan fingerprint density at radius 1 is 1.33 bits per heavy atom. The van der Waals surface area contributed by atoms with Crippen LogP contribution in [-0.2, 0) is 0 Å². The first-order valence-electron chi connectivity index (χ1n) is 5.84. The standard InChI is InChI=1S/C13H15Br2NOS/c1-18-13(3-2-4-13)8-16-12(17)9-5-10(14)7-11(15)6-9/h5-7H,2-4,8H2,1H3,(H,16,17). The van der Waals surface area contributed by atoms with Crippen LogP contribution < -0.4 is 5.32 Å². The number of rotatable bonds is 4. The van der Waals surface area contributed by atoms with Gasteiger partial charge in [0.05, 0.1) is 0 Å². The molecule has 0 atom stereocenters. The topological polar surface area (TPSA) is 29.1 Å². The molecule has 0 radical (unpaired) electrons. The summed E-state index contributed by atoms with van der Waals surface area (Å²) in [6, 6.07) is 5.60. The van der Waals surface area contributed by atoms with E-state index in [1.807, 2.05) is 30.0 Å². The van der Waals surface area contributed by atoms with Crippen LogP contribution in [0.15, 0.2) is 27.1 Å². The highest BCUT2D eigenvalue weighted by molar-refractivity contribution is 9.11. The average Bonchev–Trinajstić information content (AvgIpc) is 2.26. The van der Waals surface area contributed by atoms with Gasteiger partial charge in [-0.3, -0.25) is 4.79 Å². The van der Waals surface area contributed by atoms with Crippen LogP contribution in [0, 0.1) is 0 Å². The molecule has 98 valence electrons. The smallest absolute Gasteiger partial charge is 0.251 e. The third-order valence-corrected chi connectivity index (χ3v) is 5.73. The molecular formula is C13H15Br2NOS. The summed E-state index contributed by atoms with van der Waals surface area (Å²) in [6.07, 6.45) is 5.81. The molecule has 1 fully saturated rings. The molecule has 2 rings (SSSR count). The molecule has 1 aliphatic carbocycles.